The van der Waals surface area contributed by atoms with Crippen molar-refractivity contribution < 1.29 is 4.79 Å². The van der Waals surface area contributed by atoms with Gasteiger partial charge >= 0.3 is 14.4 Å². The monoisotopic (exact) mass is 337 g/mol. The summed E-state index contributed by atoms with van der Waals surface area (Å²) in [5.74, 6) is 1.35. The summed E-state index contributed by atoms with van der Waals surface area (Å²) in [4.78, 5) is 12.9. The van der Waals surface area contributed by atoms with Crippen LogP contribution in [-0.4, -0.2) is 20.3 Å². The fourth-order valence-electron chi connectivity index (χ4n) is 3.17. The molecule has 24 heavy (non-hydrogen) atoms. The molecule has 0 saturated heterocycles. The zero-order chi connectivity index (χ0) is 17.5. The summed E-state index contributed by atoms with van der Waals surface area (Å²) in [5, 5.41) is 2.30. The van der Waals surface area contributed by atoms with Gasteiger partial charge in [0.15, 0.2) is 0 Å². The molecule has 2 aromatic rings. The van der Waals surface area contributed by atoms with E-state index in [1.54, 1.807) is 0 Å². The third-order valence-corrected chi connectivity index (χ3v) is 7.80. The van der Waals surface area contributed by atoms with Gasteiger partial charge < -0.3 is 4.30 Å². The first-order chi connectivity index (χ1) is 11.5. The van der Waals surface area contributed by atoms with Crippen LogP contribution in [0.4, 0.5) is 0 Å². The van der Waals surface area contributed by atoms with Crippen LogP contribution in [0.25, 0.3) is 11.1 Å². The Hall–Kier alpha value is -1.56. The average Bonchev–Trinajstić information content (AvgIpc) is 2.54. The molecule has 126 valence electrons. The van der Waals surface area contributed by atoms with Gasteiger partial charge in [-0.2, -0.15) is 0 Å². The Morgan fingerprint density at radius 3 is 2.00 bits per heavy atom. The summed E-state index contributed by atoms with van der Waals surface area (Å²) in [5.41, 5.74) is 2.89. The lowest BCUT2D eigenvalue weighted by atomic mass is 9.99. The van der Waals surface area contributed by atoms with Gasteiger partial charge in [-0.15, -0.1) is 0 Å². The van der Waals surface area contributed by atoms with Gasteiger partial charge in [-0.3, -0.25) is 4.79 Å². The van der Waals surface area contributed by atoms with Gasteiger partial charge in [0.2, 0.25) is 5.91 Å². The van der Waals surface area contributed by atoms with Crippen LogP contribution < -0.4 is 4.30 Å². The van der Waals surface area contributed by atoms with E-state index >= 15 is 0 Å². The molecule has 0 bridgehead atoms. The summed E-state index contributed by atoms with van der Waals surface area (Å²) < 4.78 is 3.41. The molecule has 0 aliphatic carbocycles. The second-order valence-corrected chi connectivity index (χ2v) is 9.97. The number of benzene rings is 2. The van der Waals surface area contributed by atoms with E-state index in [2.05, 4.69) is 44.1 Å². The highest BCUT2D eigenvalue weighted by Gasteiger charge is 2.25. The van der Waals surface area contributed by atoms with Gasteiger partial charge in [-0.1, -0.05) is 98.6 Å². The fourth-order valence-corrected chi connectivity index (χ4v) is 6.40. The van der Waals surface area contributed by atoms with Crippen molar-refractivity contribution in [1.82, 2.24) is 4.30 Å². The van der Waals surface area contributed by atoms with Crippen molar-refractivity contribution in [3.05, 3.63) is 60.2 Å². The van der Waals surface area contributed by atoms with Crippen LogP contribution in [0.5, 0.6) is 0 Å². The summed E-state index contributed by atoms with van der Waals surface area (Å²) >= 11 is -1.29. The molecule has 0 spiro atoms. The predicted octanol–water partition coefficient (Wildman–Crippen LogP) is 5.39. The summed E-state index contributed by atoms with van der Waals surface area (Å²) in [7, 11) is 0. The van der Waals surface area contributed by atoms with E-state index in [1.165, 1.54) is 0 Å². The SMILES string of the molecule is CC(C)[CH2][Al]([CH2]C(C)C)[NH]C(=O)c1ccccc1-c1ccccc1. The standard InChI is InChI=1S/C13H11NO.2C4H9.Al/c14-13(15)12-9-5-4-8-11(12)10-6-2-1-3-7-10;2*1-4(2)3;/h1-9H,(H2,14,15);2*4H,1H2,2-3H3;/q;;;+1/p-1. The van der Waals surface area contributed by atoms with Crippen LogP contribution in [0.3, 0.4) is 0 Å². The molecular weight excluding hydrogens is 309 g/mol. The van der Waals surface area contributed by atoms with E-state index in [0.29, 0.717) is 11.8 Å². The molecule has 2 nitrogen and oxygen atoms in total. The molecule has 3 heteroatoms. The normalized spacial score (nSPS) is 10.9. The number of carbonyl (C=O) groups is 1. The average molecular weight is 337 g/mol. The van der Waals surface area contributed by atoms with Crippen molar-refractivity contribution in [2.75, 3.05) is 0 Å². The second-order valence-electron chi connectivity index (χ2n) is 7.34. The Morgan fingerprint density at radius 1 is 0.875 bits per heavy atom. The zero-order valence-electron chi connectivity index (χ0n) is 15.3. The van der Waals surface area contributed by atoms with E-state index in [0.717, 1.165) is 27.3 Å². The van der Waals surface area contributed by atoms with Gasteiger partial charge in [0.1, 0.15) is 0 Å². The molecule has 1 amide bonds. The molecular formula is C21H28AlNO. The Labute approximate surface area is 150 Å². The minimum atomic E-state index is -1.29. The van der Waals surface area contributed by atoms with Gasteiger partial charge in [0.25, 0.3) is 0 Å². The lowest BCUT2D eigenvalue weighted by Crippen LogP contribution is -2.40. The fraction of sp³-hybridized carbons (Fsp3) is 0.381. The minimum Gasteiger partial charge on any atom is -0.442 e. The van der Waals surface area contributed by atoms with Gasteiger partial charge in [0, 0.05) is 5.56 Å². The van der Waals surface area contributed by atoms with Gasteiger partial charge in [0.05, 0.1) is 0 Å². The molecule has 0 saturated carbocycles. The Morgan fingerprint density at radius 2 is 1.42 bits per heavy atom. The molecule has 2 aromatic carbocycles. The molecule has 0 heterocycles. The van der Waals surface area contributed by atoms with Crippen molar-refractivity contribution in [1.29, 1.82) is 0 Å². The minimum absolute atomic E-state index is 0.0902. The summed E-state index contributed by atoms with van der Waals surface area (Å²) in [6.45, 7) is 8.96. The Kier molecular flexibility index (Phi) is 7.09. The number of nitrogens with one attached hydrogen (secondary N) is 1. The molecule has 0 aromatic heterocycles. The first kappa shape index (κ1) is 18.8. The van der Waals surface area contributed by atoms with Crippen LogP contribution in [0.1, 0.15) is 38.1 Å². The topological polar surface area (TPSA) is 29.1 Å². The van der Waals surface area contributed by atoms with Crippen LogP contribution in [-0.2, 0) is 0 Å². The molecule has 0 atom stereocenters. The maximum atomic E-state index is 12.9. The maximum Gasteiger partial charge on any atom is 0.414 e. The molecule has 0 radical (unpaired) electrons. The number of amides is 1. The van der Waals surface area contributed by atoms with E-state index in [4.69, 9.17) is 0 Å². The Bertz CT molecular complexity index is 642. The van der Waals surface area contributed by atoms with Crippen molar-refractivity contribution in [3.63, 3.8) is 0 Å². The van der Waals surface area contributed by atoms with E-state index in [-0.39, 0.29) is 5.91 Å². The first-order valence-corrected chi connectivity index (χ1v) is 11.1. The van der Waals surface area contributed by atoms with Crippen molar-refractivity contribution in [3.8, 4) is 11.1 Å². The number of hydrogen-bond acceptors (Lipinski definition) is 1. The molecule has 0 unspecified atom stereocenters. The third kappa shape index (κ3) is 5.51. The van der Waals surface area contributed by atoms with Crippen molar-refractivity contribution in [2.24, 2.45) is 11.8 Å². The van der Waals surface area contributed by atoms with Gasteiger partial charge in [-0.25, -0.2) is 0 Å². The van der Waals surface area contributed by atoms with Crippen LogP contribution >= 0.6 is 0 Å². The Balaban J connectivity index is 2.23. The zero-order valence-corrected chi connectivity index (χ0v) is 16.4. The van der Waals surface area contributed by atoms with Crippen LogP contribution in [0.2, 0.25) is 10.6 Å². The lowest BCUT2D eigenvalue weighted by Gasteiger charge is -2.18. The molecule has 2 rings (SSSR count). The smallest absolute Gasteiger partial charge is 0.414 e. The molecule has 0 aliphatic rings. The number of hydrogen-bond donors (Lipinski definition) is 1. The van der Waals surface area contributed by atoms with Gasteiger partial charge in [-0.05, 0) is 17.2 Å². The second kappa shape index (κ2) is 9.06. The van der Waals surface area contributed by atoms with E-state index < -0.39 is 14.4 Å². The number of rotatable bonds is 7. The van der Waals surface area contributed by atoms with E-state index in [9.17, 15) is 4.79 Å². The van der Waals surface area contributed by atoms with Crippen LogP contribution in [0, 0.1) is 11.8 Å². The lowest BCUT2D eigenvalue weighted by molar-refractivity contribution is 0.0979. The molecule has 0 aliphatic heterocycles. The van der Waals surface area contributed by atoms with Crippen LogP contribution in [0.15, 0.2) is 54.6 Å². The maximum absolute atomic E-state index is 12.9. The largest absolute Gasteiger partial charge is 0.442 e. The quantitative estimate of drug-likeness (QED) is 0.675. The highest BCUT2D eigenvalue weighted by Crippen LogP contribution is 2.24. The summed E-state index contributed by atoms with van der Waals surface area (Å²) in [6.07, 6.45) is 0. The van der Waals surface area contributed by atoms with Crippen molar-refractivity contribution in [2.45, 2.75) is 38.3 Å². The highest BCUT2D eigenvalue weighted by molar-refractivity contribution is 6.59. The highest BCUT2D eigenvalue weighted by atomic mass is 27.2. The summed E-state index contributed by atoms with van der Waals surface area (Å²) in [6, 6.07) is 18.1. The number of carbonyl (C=O) groups excluding carboxylic acids is 1. The predicted molar refractivity (Wildman–Crippen MR) is 104 cm³/mol. The first-order valence-electron chi connectivity index (χ1n) is 8.92. The molecule has 0 fully saturated rings. The van der Waals surface area contributed by atoms with Crippen molar-refractivity contribution >= 4 is 20.3 Å². The third-order valence-electron chi connectivity index (χ3n) is 4.10. The van der Waals surface area contributed by atoms with E-state index in [1.807, 2.05) is 42.5 Å². The molecule has 1 N–H and O–H groups in total.